The van der Waals surface area contributed by atoms with Gasteiger partial charge in [0.25, 0.3) is 5.91 Å². The van der Waals surface area contributed by atoms with Crippen LogP contribution in [0.2, 0.25) is 0 Å². The Hall–Kier alpha value is -3.09. The number of aromatic amines is 1. The molecule has 0 bridgehead atoms. The smallest absolute Gasteiger partial charge is 0.339 e. The summed E-state index contributed by atoms with van der Waals surface area (Å²) in [6.07, 6.45) is 0. The third kappa shape index (κ3) is 3.77. The molecule has 0 spiro atoms. The van der Waals surface area contributed by atoms with Gasteiger partial charge in [-0.25, -0.2) is 4.79 Å². The molecule has 2 aromatic rings. The third-order valence-electron chi connectivity index (χ3n) is 4.20. The number of methoxy groups -OCH3 is 1. The number of hydrogen-bond acceptors (Lipinski definition) is 5. The maximum absolute atomic E-state index is 12.8. The van der Waals surface area contributed by atoms with Gasteiger partial charge >= 0.3 is 5.97 Å². The maximum Gasteiger partial charge on any atom is 0.339 e. The number of H-pyrrole nitrogens is 1. The normalized spacial score (nSPS) is 11.6. The van der Waals surface area contributed by atoms with Gasteiger partial charge in [0.15, 0.2) is 0 Å². The fourth-order valence-corrected chi connectivity index (χ4v) is 2.83. The van der Waals surface area contributed by atoms with E-state index in [1.165, 1.54) is 7.11 Å². The summed E-state index contributed by atoms with van der Waals surface area (Å²) >= 11 is 0. The zero-order valence-corrected chi connectivity index (χ0v) is 15.5. The van der Waals surface area contributed by atoms with Crippen LogP contribution in [0.25, 0.3) is 0 Å². The molecular weight excluding hydrogens is 334 g/mol. The van der Waals surface area contributed by atoms with Gasteiger partial charge < -0.3 is 20.4 Å². The van der Waals surface area contributed by atoms with Gasteiger partial charge in [0.2, 0.25) is 5.78 Å². The average Bonchev–Trinajstić information content (AvgIpc) is 2.94. The second-order valence-corrected chi connectivity index (χ2v) is 6.01. The SMILES string of the molecule is CNC(=O)c1cccc(N[C@@H](C)C(=O)c2[nH]c(C)c(C(=O)OC)c2C)c1. The lowest BCUT2D eigenvalue weighted by molar-refractivity contribution is 0.0599. The molecule has 0 aliphatic rings. The first kappa shape index (κ1) is 19.2. The van der Waals surface area contributed by atoms with Gasteiger partial charge in [-0.05, 0) is 44.5 Å². The summed E-state index contributed by atoms with van der Waals surface area (Å²) in [5.41, 5.74) is 3.05. The molecule has 0 saturated carbocycles. The van der Waals surface area contributed by atoms with Crippen LogP contribution in [0.5, 0.6) is 0 Å². The molecule has 3 N–H and O–H groups in total. The summed E-state index contributed by atoms with van der Waals surface area (Å²) in [6, 6.07) is 6.33. The van der Waals surface area contributed by atoms with E-state index in [4.69, 9.17) is 4.74 Å². The van der Waals surface area contributed by atoms with Crippen LogP contribution in [0.3, 0.4) is 0 Å². The second-order valence-electron chi connectivity index (χ2n) is 6.01. The van der Waals surface area contributed by atoms with Crippen LogP contribution in [0.1, 0.15) is 49.4 Å². The number of anilines is 1. The second kappa shape index (κ2) is 7.86. The van der Waals surface area contributed by atoms with E-state index in [9.17, 15) is 14.4 Å². The van der Waals surface area contributed by atoms with Crippen LogP contribution in [0.15, 0.2) is 24.3 Å². The molecule has 0 aliphatic heterocycles. The van der Waals surface area contributed by atoms with Crippen LogP contribution in [0, 0.1) is 13.8 Å². The minimum absolute atomic E-state index is 0.189. The highest BCUT2D eigenvalue weighted by atomic mass is 16.5. The third-order valence-corrected chi connectivity index (χ3v) is 4.20. The largest absolute Gasteiger partial charge is 0.465 e. The van der Waals surface area contributed by atoms with Gasteiger partial charge in [-0.1, -0.05) is 6.07 Å². The minimum Gasteiger partial charge on any atom is -0.465 e. The van der Waals surface area contributed by atoms with Crippen molar-refractivity contribution in [2.24, 2.45) is 0 Å². The first-order valence-corrected chi connectivity index (χ1v) is 8.20. The number of ether oxygens (including phenoxy) is 1. The number of benzene rings is 1. The zero-order chi connectivity index (χ0) is 19.4. The summed E-state index contributed by atoms with van der Waals surface area (Å²) in [5, 5.41) is 5.65. The molecule has 1 amide bonds. The molecule has 0 fully saturated rings. The van der Waals surface area contributed by atoms with Crippen molar-refractivity contribution in [1.82, 2.24) is 10.3 Å². The molecule has 2 rings (SSSR count). The number of aromatic nitrogens is 1. The summed E-state index contributed by atoms with van der Waals surface area (Å²) in [5.74, 6) is -0.869. The maximum atomic E-state index is 12.8. The number of ketones is 1. The highest BCUT2D eigenvalue weighted by molar-refractivity contribution is 6.05. The van der Waals surface area contributed by atoms with Gasteiger partial charge in [0.1, 0.15) is 0 Å². The average molecular weight is 357 g/mol. The molecular formula is C19H23N3O4. The Balaban J connectivity index is 2.23. The van der Waals surface area contributed by atoms with Crippen molar-refractivity contribution in [3.63, 3.8) is 0 Å². The summed E-state index contributed by atoms with van der Waals surface area (Å²) in [6.45, 7) is 5.16. The molecule has 1 aromatic heterocycles. The van der Waals surface area contributed by atoms with E-state index in [2.05, 4.69) is 15.6 Å². The van der Waals surface area contributed by atoms with Crippen molar-refractivity contribution in [2.45, 2.75) is 26.8 Å². The van der Waals surface area contributed by atoms with Crippen LogP contribution >= 0.6 is 0 Å². The van der Waals surface area contributed by atoms with Gasteiger partial charge in [0, 0.05) is 24.0 Å². The number of aryl methyl sites for hydroxylation is 1. The Bertz CT molecular complexity index is 854. The Morgan fingerprint density at radius 3 is 2.50 bits per heavy atom. The van der Waals surface area contributed by atoms with Crippen molar-refractivity contribution < 1.29 is 19.1 Å². The van der Waals surface area contributed by atoms with Gasteiger partial charge in [-0.3, -0.25) is 9.59 Å². The fourth-order valence-electron chi connectivity index (χ4n) is 2.83. The molecule has 26 heavy (non-hydrogen) atoms. The van der Waals surface area contributed by atoms with E-state index in [0.29, 0.717) is 33.8 Å². The number of Topliss-reactive ketones (excluding diaryl/α,β-unsaturated/α-hetero) is 1. The number of carbonyl (C=O) groups excluding carboxylic acids is 3. The van der Waals surface area contributed by atoms with E-state index >= 15 is 0 Å². The molecule has 7 heteroatoms. The van der Waals surface area contributed by atoms with Crippen molar-refractivity contribution in [3.8, 4) is 0 Å². The van der Waals surface area contributed by atoms with Crippen molar-refractivity contribution in [1.29, 1.82) is 0 Å². The van der Waals surface area contributed by atoms with Crippen LogP contribution in [-0.4, -0.2) is 42.8 Å². The standard InChI is InChI=1S/C19H23N3O4/c1-10-15(19(25)26-5)11(2)22-16(10)17(23)12(3)21-14-8-6-7-13(9-14)18(24)20-4/h6-9,12,21-22H,1-5H3,(H,20,24)/t12-/m0/s1. The molecule has 0 saturated heterocycles. The van der Waals surface area contributed by atoms with E-state index in [0.717, 1.165) is 0 Å². The minimum atomic E-state index is -0.558. The number of amides is 1. The monoisotopic (exact) mass is 357 g/mol. The van der Waals surface area contributed by atoms with Crippen LogP contribution in [-0.2, 0) is 4.74 Å². The first-order chi connectivity index (χ1) is 12.3. The Morgan fingerprint density at radius 1 is 1.19 bits per heavy atom. The molecule has 7 nitrogen and oxygen atoms in total. The lowest BCUT2D eigenvalue weighted by Gasteiger charge is -2.15. The highest BCUT2D eigenvalue weighted by Gasteiger charge is 2.25. The van der Waals surface area contributed by atoms with Gasteiger partial charge in [-0.15, -0.1) is 0 Å². The topological polar surface area (TPSA) is 100 Å². The van der Waals surface area contributed by atoms with Gasteiger partial charge in [-0.2, -0.15) is 0 Å². The Labute approximate surface area is 152 Å². The van der Waals surface area contributed by atoms with Gasteiger partial charge in [0.05, 0.1) is 24.4 Å². The molecule has 1 atom stereocenters. The zero-order valence-electron chi connectivity index (χ0n) is 15.5. The van der Waals surface area contributed by atoms with E-state index in [1.807, 2.05) is 0 Å². The lowest BCUT2D eigenvalue weighted by Crippen LogP contribution is -2.27. The molecule has 0 aliphatic carbocycles. The van der Waals surface area contributed by atoms with E-state index in [1.54, 1.807) is 52.1 Å². The summed E-state index contributed by atoms with van der Waals surface area (Å²) in [7, 11) is 2.86. The first-order valence-electron chi connectivity index (χ1n) is 8.20. The number of hydrogen-bond donors (Lipinski definition) is 3. The molecule has 1 aromatic carbocycles. The summed E-state index contributed by atoms with van der Waals surface area (Å²) in [4.78, 5) is 39.4. The fraction of sp³-hybridized carbons (Fsp3) is 0.316. The Morgan fingerprint density at radius 2 is 1.88 bits per heavy atom. The van der Waals surface area contributed by atoms with Crippen molar-refractivity contribution in [3.05, 3.63) is 52.3 Å². The number of carbonyl (C=O) groups is 3. The predicted octanol–water partition coefficient (Wildman–Crippen LogP) is 2.46. The number of esters is 1. The van der Waals surface area contributed by atoms with Crippen LogP contribution in [0.4, 0.5) is 5.69 Å². The predicted molar refractivity (Wildman–Crippen MR) is 98.9 cm³/mol. The quantitative estimate of drug-likeness (QED) is 0.545. The van der Waals surface area contributed by atoms with E-state index in [-0.39, 0.29) is 11.7 Å². The molecule has 1 heterocycles. The molecule has 0 radical (unpaired) electrons. The molecule has 0 unspecified atom stereocenters. The van der Waals surface area contributed by atoms with Crippen LogP contribution < -0.4 is 10.6 Å². The van der Waals surface area contributed by atoms with Crippen molar-refractivity contribution in [2.75, 3.05) is 19.5 Å². The summed E-state index contributed by atoms with van der Waals surface area (Å²) < 4.78 is 4.77. The van der Waals surface area contributed by atoms with Crippen molar-refractivity contribution >= 4 is 23.3 Å². The number of nitrogens with one attached hydrogen (secondary N) is 3. The number of rotatable bonds is 6. The Kier molecular flexibility index (Phi) is 5.82. The van der Waals surface area contributed by atoms with E-state index < -0.39 is 12.0 Å². The lowest BCUT2D eigenvalue weighted by atomic mass is 10.0. The molecule has 138 valence electrons. The highest BCUT2D eigenvalue weighted by Crippen LogP contribution is 2.21.